The van der Waals surface area contributed by atoms with Crippen LogP contribution in [0.25, 0.3) is 22.3 Å². The Morgan fingerprint density at radius 2 is 1.72 bits per heavy atom. The number of furan rings is 1. The minimum absolute atomic E-state index is 0.0525. The largest absolute Gasteiger partial charge is 0.490 e. The molecule has 0 N–H and O–H groups in total. The van der Waals surface area contributed by atoms with Crippen LogP contribution in [-0.2, 0) is 4.43 Å². The van der Waals surface area contributed by atoms with E-state index in [2.05, 4.69) is 76.3 Å². The number of benzene rings is 2. The third-order valence-corrected chi connectivity index (χ3v) is 6.42. The van der Waals surface area contributed by atoms with Crippen LogP contribution >= 0.6 is 0 Å². The number of unbranched alkanes of at least 4 members (excludes halogenated alkanes) is 1. The van der Waals surface area contributed by atoms with Crippen molar-refractivity contribution in [1.29, 1.82) is 0 Å². The van der Waals surface area contributed by atoms with E-state index < -0.39 is 9.04 Å². The summed E-state index contributed by atoms with van der Waals surface area (Å²) in [6, 6.07) is 18.5. The molecule has 0 aliphatic carbocycles. The zero-order chi connectivity index (χ0) is 23.0. The van der Waals surface area contributed by atoms with Crippen molar-refractivity contribution in [3.63, 3.8) is 0 Å². The van der Waals surface area contributed by atoms with E-state index in [0.717, 1.165) is 60.3 Å². The van der Waals surface area contributed by atoms with Crippen LogP contribution < -0.4 is 4.74 Å². The highest BCUT2D eigenvalue weighted by molar-refractivity contribution is 6.48. The van der Waals surface area contributed by atoms with Crippen LogP contribution in [0.1, 0.15) is 46.5 Å². The van der Waals surface area contributed by atoms with Gasteiger partial charge in [-0.05, 0) is 62.4 Å². The van der Waals surface area contributed by atoms with Crippen LogP contribution in [-0.4, -0.2) is 21.8 Å². The summed E-state index contributed by atoms with van der Waals surface area (Å²) >= 11 is 0. The predicted molar refractivity (Wildman–Crippen MR) is 138 cm³/mol. The Balaban J connectivity index is 1.59. The average Bonchev–Trinajstić information content (AvgIpc) is 3.18. The fraction of sp³-hybridized carbons (Fsp3) is 0.429. The standard InChI is InChI=1S/C28H38O3Si/c1-28(2,3)27(16-12-7-6-8-13-19-29-32(4)5)30-24-18-17-23-20-25(31-26(23)21-24)22-14-10-9-11-15-22/h6-7,9-11,14-15,17-18,20-21,27,32H,8,12-13,16,19H2,1-5H3/b7-6+. The van der Waals surface area contributed by atoms with Gasteiger partial charge in [0.2, 0.25) is 0 Å². The number of rotatable bonds is 11. The number of hydrogen-bond acceptors (Lipinski definition) is 3. The molecule has 4 heteroatoms. The van der Waals surface area contributed by atoms with E-state index in [1.165, 1.54) is 0 Å². The van der Waals surface area contributed by atoms with Gasteiger partial charge in [-0.2, -0.15) is 0 Å². The fourth-order valence-corrected chi connectivity index (χ4v) is 4.30. The quantitative estimate of drug-likeness (QED) is 0.168. The van der Waals surface area contributed by atoms with E-state index in [4.69, 9.17) is 13.6 Å². The van der Waals surface area contributed by atoms with E-state index in [-0.39, 0.29) is 11.5 Å². The second-order valence-corrected chi connectivity index (χ2v) is 12.2. The average molecular weight is 451 g/mol. The van der Waals surface area contributed by atoms with Crippen LogP contribution in [0.5, 0.6) is 5.75 Å². The zero-order valence-corrected chi connectivity index (χ0v) is 21.4. The van der Waals surface area contributed by atoms with Crippen LogP contribution in [0.15, 0.2) is 71.2 Å². The monoisotopic (exact) mass is 450 g/mol. The van der Waals surface area contributed by atoms with Crippen molar-refractivity contribution in [2.24, 2.45) is 5.41 Å². The summed E-state index contributed by atoms with van der Waals surface area (Å²) in [5, 5.41) is 1.09. The summed E-state index contributed by atoms with van der Waals surface area (Å²) in [7, 11) is -0.881. The first-order valence-electron chi connectivity index (χ1n) is 11.8. The summed E-state index contributed by atoms with van der Waals surface area (Å²) in [6.45, 7) is 12.1. The van der Waals surface area contributed by atoms with Gasteiger partial charge in [0.05, 0.1) is 0 Å². The molecule has 0 saturated carbocycles. The summed E-state index contributed by atoms with van der Waals surface area (Å²) in [4.78, 5) is 0. The highest BCUT2D eigenvalue weighted by Crippen LogP contribution is 2.33. The lowest BCUT2D eigenvalue weighted by Crippen LogP contribution is -2.32. The van der Waals surface area contributed by atoms with E-state index >= 15 is 0 Å². The van der Waals surface area contributed by atoms with Gasteiger partial charge >= 0.3 is 0 Å². The lowest BCUT2D eigenvalue weighted by Gasteiger charge is -2.31. The summed E-state index contributed by atoms with van der Waals surface area (Å²) in [5.41, 5.74) is 2.00. The lowest BCUT2D eigenvalue weighted by molar-refractivity contribution is 0.0798. The van der Waals surface area contributed by atoms with Gasteiger partial charge in [0, 0.05) is 23.6 Å². The first-order valence-corrected chi connectivity index (χ1v) is 14.6. The third kappa shape index (κ3) is 7.39. The predicted octanol–water partition coefficient (Wildman–Crippen LogP) is 8.01. The van der Waals surface area contributed by atoms with Gasteiger partial charge in [0.25, 0.3) is 0 Å². The van der Waals surface area contributed by atoms with Gasteiger partial charge in [-0.15, -0.1) is 0 Å². The molecule has 0 saturated heterocycles. The van der Waals surface area contributed by atoms with E-state index in [1.54, 1.807) is 0 Å². The first kappa shape index (κ1) is 24.3. The van der Waals surface area contributed by atoms with Crippen LogP contribution in [0, 0.1) is 5.41 Å². The van der Waals surface area contributed by atoms with Crippen molar-refractivity contribution in [1.82, 2.24) is 0 Å². The van der Waals surface area contributed by atoms with Crippen molar-refractivity contribution < 1.29 is 13.6 Å². The SMILES string of the molecule is C[SiH](C)OCCC/C=C/CCC(Oc1ccc2cc(-c3ccccc3)oc2c1)C(C)(C)C. The van der Waals surface area contributed by atoms with E-state index in [1.807, 2.05) is 24.3 Å². The van der Waals surface area contributed by atoms with E-state index in [9.17, 15) is 0 Å². The first-order chi connectivity index (χ1) is 15.3. The minimum atomic E-state index is -0.881. The molecule has 0 aliphatic rings. The van der Waals surface area contributed by atoms with Gasteiger partial charge in [0.15, 0.2) is 9.04 Å². The van der Waals surface area contributed by atoms with Crippen molar-refractivity contribution >= 4 is 20.0 Å². The molecule has 3 nitrogen and oxygen atoms in total. The van der Waals surface area contributed by atoms with Gasteiger partial charge in [0.1, 0.15) is 23.2 Å². The molecular weight excluding hydrogens is 412 g/mol. The smallest absolute Gasteiger partial charge is 0.170 e. The van der Waals surface area contributed by atoms with Gasteiger partial charge in [-0.3, -0.25) is 0 Å². The molecule has 3 rings (SSSR count). The zero-order valence-electron chi connectivity index (χ0n) is 20.3. The summed E-state index contributed by atoms with van der Waals surface area (Å²) in [6.07, 6.45) is 8.89. The van der Waals surface area contributed by atoms with Crippen LogP contribution in [0.2, 0.25) is 13.1 Å². The molecule has 0 spiro atoms. The fourth-order valence-electron chi connectivity index (χ4n) is 3.67. The molecule has 1 atom stereocenters. The van der Waals surface area contributed by atoms with Crippen LogP contribution in [0.4, 0.5) is 0 Å². The summed E-state index contributed by atoms with van der Waals surface area (Å²) in [5.74, 6) is 1.75. The third-order valence-electron chi connectivity index (χ3n) is 5.52. The molecule has 0 amide bonds. The Kier molecular flexibility index (Phi) is 8.77. The molecular formula is C28H38O3Si. The second kappa shape index (κ2) is 11.5. The van der Waals surface area contributed by atoms with Crippen molar-refractivity contribution in [2.75, 3.05) is 6.61 Å². The maximum Gasteiger partial charge on any atom is 0.170 e. The second-order valence-electron chi connectivity index (χ2n) is 9.76. The highest BCUT2D eigenvalue weighted by Gasteiger charge is 2.26. The maximum absolute atomic E-state index is 6.46. The molecule has 1 heterocycles. The lowest BCUT2D eigenvalue weighted by atomic mass is 9.86. The molecule has 0 aliphatic heterocycles. The van der Waals surface area contributed by atoms with Crippen molar-refractivity contribution in [3.8, 4) is 17.1 Å². The van der Waals surface area contributed by atoms with Gasteiger partial charge in [-0.25, -0.2) is 0 Å². The summed E-state index contributed by atoms with van der Waals surface area (Å²) < 4.78 is 18.3. The van der Waals surface area contributed by atoms with E-state index in [0.29, 0.717) is 0 Å². The van der Waals surface area contributed by atoms with Gasteiger partial charge < -0.3 is 13.6 Å². The maximum atomic E-state index is 6.46. The molecule has 172 valence electrons. The van der Waals surface area contributed by atoms with Crippen molar-refractivity contribution in [2.45, 2.75) is 65.7 Å². The molecule has 3 aromatic rings. The molecule has 1 aromatic heterocycles. The Morgan fingerprint density at radius 3 is 2.44 bits per heavy atom. The molecule has 2 aromatic carbocycles. The molecule has 0 bridgehead atoms. The minimum Gasteiger partial charge on any atom is -0.490 e. The Hall–Kier alpha value is -2.30. The normalized spacial score (nSPS) is 13.3. The Labute approximate surface area is 195 Å². The number of fused-ring (bicyclic) bond motifs is 1. The number of allylic oxidation sites excluding steroid dienone is 2. The number of hydrogen-bond donors (Lipinski definition) is 0. The Bertz CT molecular complexity index is 983. The molecule has 0 radical (unpaired) electrons. The van der Waals surface area contributed by atoms with Gasteiger partial charge in [-0.1, -0.05) is 63.3 Å². The Morgan fingerprint density at radius 1 is 0.969 bits per heavy atom. The molecule has 0 fully saturated rings. The topological polar surface area (TPSA) is 31.6 Å². The highest BCUT2D eigenvalue weighted by atomic mass is 28.3. The molecule has 32 heavy (non-hydrogen) atoms. The van der Waals surface area contributed by atoms with Crippen molar-refractivity contribution in [3.05, 3.63) is 66.7 Å². The number of ether oxygens (including phenoxy) is 1. The van der Waals surface area contributed by atoms with Crippen LogP contribution in [0.3, 0.4) is 0 Å². The molecule has 1 unspecified atom stereocenters.